The Hall–Kier alpha value is -1.90. The zero-order valence-electron chi connectivity index (χ0n) is 14.1. The molecule has 0 saturated carbocycles. The van der Waals surface area contributed by atoms with Crippen molar-refractivity contribution in [3.63, 3.8) is 0 Å². The first-order valence-electron chi connectivity index (χ1n) is 7.61. The molecular formula is C16H20N6S2. The number of hydrogen-bond acceptors (Lipinski definition) is 8. The first-order valence-corrected chi connectivity index (χ1v) is 9.24. The minimum atomic E-state index is 0.0938. The predicted octanol–water partition coefficient (Wildman–Crippen LogP) is 3.61. The van der Waals surface area contributed by atoms with Crippen LogP contribution in [0.3, 0.4) is 0 Å². The molecule has 0 radical (unpaired) electrons. The zero-order chi connectivity index (χ0) is 17.2. The Morgan fingerprint density at radius 1 is 1.21 bits per heavy atom. The largest absolute Gasteiger partial charge is 0.315 e. The summed E-state index contributed by atoms with van der Waals surface area (Å²) in [7, 11) is 1.92. The van der Waals surface area contributed by atoms with Crippen LogP contribution in [-0.2, 0) is 12.0 Å². The highest BCUT2D eigenvalue weighted by molar-refractivity contribution is 7.18. The molecule has 0 aliphatic carbocycles. The molecule has 3 rings (SSSR count). The molecule has 3 heterocycles. The molecule has 0 amide bonds. The summed E-state index contributed by atoms with van der Waals surface area (Å²) >= 11 is 3.31. The number of thiazole rings is 1. The van der Waals surface area contributed by atoms with Crippen LogP contribution < -0.4 is 10.7 Å². The van der Waals surface area contributed by atoms with Gasteiger partial charge in [-0.25, -0.2) is 15.0 Å². The van der Waals surface area contributed by atoms with Crippen molar-refractivity contribution in [1.82, 2.24) is 20.3 Å². The minimum absolute atomic E-state index is 0.0938. The summed E-state index contributed by atoms with van der Waals surface area (Å²) in [5.41, 5.74) is 3.11. The molecule has 0 saturated heterocycles. The molecule has 3 aromatic rings. The highest BCUT2D eigenvalue weighted by Crippen LogP contribution is 2.35. The van der Waals surface area contributed by atoms with Gasteiger partial charge in [-0.15, -0.1) is 22.7 Å². The first-order chi connectivity index (χ1) is 11.5. The van der Waals surface area contributed by atoms with Crippen molar-refractivity contribution in [3.05, 3.63) is 33.4 Å². The van der Waals surface area contributed by atoms with Crippen LogP contribution >= 0.6 is 22.7 Å². The van der Waals surface area contributed by atoms with E-state index in [-0.39, 0.29) is 5.41 Å². The fourth-order valence-electron chi connectivity index (χ4n) is 2.10. The van der Waals surface area contributed by atoms with Gasteiger partial charge < -0.3 is 5.32 Å². The Morgan fingerprint density at radius 2 is 2.04 bits per heavy atom. The second-order valence-corrected chi connectivity index (χ2v) is 8.54. The van der Waals surface area contributed by atoms with Gasteiger partial charge in [0.15, 0.2) is 5.82 Å². The Kier molecular flexibility index (Phi) is 4.88. The second kappa shape index (κ2) is 6.92. The molecule has 0 aliphatic rings. The average molecular weight is 361 g/mol. The SMILES string of the molecule is CNCc1cnc(C=NNc2ncnc3sc(C(C)(C)C)cc23)s1. The van der Waals surface area contributed by atoms with Crippen LogP contribution in [0, 0.1) is 0 Å². The summed E-state index contributed by atoms with van der Waals surface area (Å²) in [6, 6.07) is 2.15. The Balaban J connectivity index is 1.79. The third-order valence-corrected chi connectivity index (χ3v) is 5.74. The quantitative estimate of drug-likeness (QED) is 0.537. The van der Waals surface area contributed by atoms with Gasteiger partial charge in [0.05, 0.1) is 11.6 Å². The highest BCUT2D eigenvalue weighted by Gasteiger charge is 2.18. The van der Waals surface area contributed by atoms with Crippen LogP contribution in [0.25, 0.3) is 10.2 Å². The average Bonchev–Trinajstić information content (AvgIpc) is 3.14. The molecule has 8 heteroatoms. The smallest absolute Gasteiger partial charge is 0.158 e. The maximum absolute atomic E-state index is 4.36. The van der Waals surface area contributed by atoms with Gasteiger partial charge in [-0.1, -0.05) is 20.8 Å². The van der Waals surface area contributed by atoms with Gasteiger partial charge in [0.25, 0.3) is 0 Å². The summed E-state index contributed by atoms with van der Waals surface area (Å²) in [4.78, 5) is 16.4. The molecule has 0 spiro atoms. The van der Waals surface area contributed by atoms with Gasteiger partial charge in [-0.2, -0.15) is 5.10 Å². The summed E-state index contributed by atoms with van der Waals surface area (Å²) in [5.74, 6) is 0.718. The van der Waals surface area contributed by atoms with E-state index in [1.54, 1.807) is 35.2 Å². The van der Waals surface area contributed by atoms with Crippen molar-refractivity contribution < 1.29 is 0 Å². The highest BCUT2D eigenvalue weighted by atomic mass is 32.1. The van der Waals surface area contributed by atoms with Gasteiger partial charge in [-0.3, -0.25) is 5.43 Å². The summed E-state index contributed by atoms with van der Waals surface area (Å²) in [5, 5.41) is 9.24. The standard InChI is InChI=1S/C16H20N6S2/c1-16(2,3)12-5-11-14(19-9-20-15(11)24-12)22-21-8-13-18-7-10(23-13)6-17-4/h5,7-9,17H,6H2,1-4H3,(H,19,20,22). The third-order valence-electron chi connectivity index (χ3n) is 3.34. The number of hydrogen-bond donors (Lipinski definition) is 2. The number of nitrogens with zero attached hydrogens (tertiary/aromatic N) is 4. The van der Waals surface area contributed by atoms with Gasteiger partial charge in [0, 0.05) is 22.5 Å². The number of aromatic nitrogens is 3. The number of thiophene rings is 1. The Morgan fingerprint density at radius 3 is 2.79 bits per heavy atom. The predicted molar refractivity (Wildman–Crippen MR) is 102 cm³/mol. The molecule has 0 fully saturated rings. The zero-order valence-corrected chi connectivity index (χ0v) is 15.8. The van der Waals surface area contributed by atoms with Gasteiger partial charge in [-0.05, 0) is 18.5 Å². The second-order valence-electron chi connectivity index (χ2n) is 6.37. The van der Waals surface area contributed by atoms with E-state index in [4.69, 9.17) is 0 Å². The van der Waals surface area contributed by atoms with E-state index in [1.165, 1.54) is 9.75 Å². The van der Waals surface area contributed by atoms with E-state index in [0.29, 0.717) is 0 Å². The number of hydrazone groups is 1. The molecule has 0 bridgehead atoms. The number of anilines is 1. The number of nitrogens with one attached hydrogen (secondary N) is 2. The molecule has 0 aliphatic heterocycles. The van der Waals surface area contributed by atoms with E-state index in [9.17, 15) is 0 Å². The minimum Gasteiger partial charge on any atom is -0.315 e. The molecule has 0 atom stereocenters. The molecule has 0 aromatic carbocycles. The number of fused-ring (bicyclic) bond motifs is 1. The van der Waals surface area contributed by atoms with E-state index in [1.807, 2.05) is 13.2 Å². The third kappa shape index (κ3) is 3.77. The van der Waals surface area contributed by atoms with Crippen LogP contribution in [0.1, 0.15) is 35.5 Å². The maximum atomic E-state index is 4.36. The van der Waals surface area contributed by atoms with Crippen LogP contribution in [-0.4, -0.2) is 28.2 Å². The van der Waals surface area contributed by atoms with Crippen LogP contribution in [0.15, 0.2) is 23.7 Å². The monoisotopic (exact) mass is 360 g/mol. The van der Waals surface area contributed by atoms with Crippen molar-refractivity contribution >= 4 is 44.9 Å². The fraction of sp³-hybridized carbons (Fsp3) is 0.375. The lowest BCUT2D eigenvalue weighted by atomic mass is 9.94. The summed E-state index contributed by atoms with van der Waals surface area (Å²) in [6.07, 6.45) is 5.15. The molecule has 0 unspecified atom stereocenters. The topological polar surface area (TPSA) is 75.1 Å². The molecule has 2 N–H and O–H groups in total. The van der Waals surface area contributed by atoms with Gasteiger partial charge in [0.2, 0.25) is 0 Å². The first kappa shape index (κ1) is 16.9. The van der Waals surface area contributed by atoms with Crippen LogP contribution in [0.2, 0.25) is 0 Å². The lowest BCUT2D eigenvalue weighted by Gasteiger charge is -2.14. The van der Waals surface area contributed by atoms with Crippen molar-refractivity contribution in [2.24, 2.45) is 5.10 Å². The van der Waals surface area contributed by atoms with Crippen molar-refractivity contribution in [3.8, 4) is 0 Å². The Labute approximate surface area is 149 Å². The molecule has 3 aromatic heterocycles. The van der Waals surface area contributed by atoms with Gasteiger partial charge >= 0.3 is 0 Å². The maximum Gasteiger partial charge on any atom is 0.158 e. The van der Waals surface area contributed by atoms with Crippen LogP contribution in [0.5, 0.6) is 0 Å². The normalized spacial score (nSPS) is 12.3. The van der Waals surface area contributed by atoms with Crippen LogP contribution in [0.4, 0.5) is 5.82 Å². The van der Waals surface area contributed by atoms with E-state index < -0.39 is 0 Å². The molecule has 6 nitrogen and oxygen atoms in total. The van der Waals surface area contributed by atoms with Crippen molar-refractivity contribution in [1.29, 1.82) is 0 Å². The number of rotatable bonds is 5. The van der Waals surface area contributed by atoms with E-state index in [0.717, 1.165) is 27.6 Å². The van der Waals surface area contributed by atoms with Gasteiger partial charge in [0.1, 0.15) is 16.2 Å². The summed E-state index contributed by atoms with van der Waals surface area (Å²) < 4.78 is 0. The molecular weight excluding hydrogens is 340 g/mol. The molecule has 24 heavy (non-hydrogen) atoms. The van der Waals surface area contributed by atoms with E-state index >= 15 is 0 Å². The lowest BCUT2D eigenvalue weighted by Crippen LogP contribution is -2.07. The van der Waals surface area contributed by atoms with Crippen molar-refractivity contribution in [2.45, 2.75) is 32.7 Å². The summed E-state index contributed by atoms with van der Waals surface area (Å²) in [6.45, 7) is 7.40. The lowest BCUT2D eigenvalue weighted by molar-refractivity contribution is 0.604. The Bertz CT molecular complexity index is 859. The van der Waals surface area contributed by atoms with Crippen molar-refractivity contribution in [2.75, 3.05) is 12.5 Å². The van der Waals surface area contributed by atoms with E-state index in [2.05, 4.69) is 57.6 Å². The fourth-order valence-corrected chi connectivity index (χ4v) is 3.96. The molecule has 126 valence electrons.